The predicted molar refractivity (Wildman–Crippen MR) is 142 cm³/mol. The van der Waals surface area contributed by atoms with Crippen molar-refractivity contribution in [1.82, 2.24) is 14.3 Å². The number of H-pyrrole nitrogens is 1. The number of aliphatic hydroxyl groups is 2. The normalized spacial score (nSPS) is 18.2. The third-order valence-corrected chi connectivity index (χ3v) is 7.99. The molecule has 0 amide bonds. The fourth-order valence-electron chi connectivity index (χ4n) is 4.41. The number of pyridine rings is 1. The molecular weight excluding hydrogens is 516 g/mol. The van der Waals surface area contributed by atoms with Gasteiger partial charge in [-0.3, -0.25) is 18.9 Å². The molecule has 1 aromatic carbocycles. The molecule has 7 N–H and O–H groups in total. The van der Waals surface area contributed by atoms with Crippen LogP contribution in [0.5, 0.6) is 5.88 Å². The highest BCUT2D eigenvalue weighted by atomic mass is 32.1. The minimum Gasteiger partial charge on any atom is -0.492 e. The number of nitrogens with zero attached hydrogens (tertiary/aromatic N) is 3. The van der Waals surface area contributed by atoms with Crippen molar-refractivity contribution in [2.24, 2.45) is 10.7 Å². The van der Waals surface area contributed by atoms with Crippen molar-refractivity contribution in [2.75, 3.05) is 5.32 Å². The van der Waals surface area contributed by atoms with Crippen LogP contribution >= 0.6 is 22.9 Å². The standard InChI is InChI=1S/C24H24N6O5S2/c1-3-14(32)27-20(25)16-21(34)30-37-23(16)29-24-28-22(35)19(36-24)18(33)15-13(31)7-12-11-5-4-9(2)6-10(11)8-26-17(12)15/h4-6,8,13-15,31-32,35H,3,7H2,1-2H3,(H2,25,27)(H,28,29)(H,30,34). The predicted octanol–water partition coefficient (Wildman–Crippen LogP) is 2.52. The van der Waals surface area contributed by atoms with Crippen LogP contribution < -0.4 is 16.6 Å². The summed E-state index contributed by atoms with van der Waals surface area (Å²) < 4.78 is 2.54. The van der Waals surface area contributed by atoms with Crippen molar-refractivity contribution in [3.63, 3.8) is 0 Å². The number of benzene rings is 1. The monoisotopic (exact) mass is 540 g/mol. The average molecular weight is 541 g/mol. The van der Waals surface area contributed by atoms with Crippen LogP contribution in [-0.4, -0.2) is 53.6 Å². The number of aromatic amines is 1. The van der Waals surface area contributed by atoms with Gasteiger partial charge in [-0.25, -0.2) is 4.99 Å². The Morgan fingerprint density at radius 3 is 2.95 bits per heavy atom. The summed E-state index contributed by atoms with van der Waals surface area (Å²) >= 11 is 1.81. The van der Waals surface area contributed by atoms with Gasteiger partial charge in [0.15, 0.2) is 10.9 Å². The molecule has 0 saturated carbocycles. The molecule has 37 heavy (non-hydrogen) atoms. The van der Waals surface area contributed by atoms with Gasteiger partial charge in [0.05, 0.1) is 17.7 Å². The van der Waals surface area contributed by atoms with Gasteiger partial charge in [0.2, 0.25) is 5.88 Å². The lowest BCUT2D eigenvalue weighted by atomic mass is 9.97. The third kappa shape index (κ3) is 4.50. The number of thiazole rings is 1. The Morgan fingerprint density at radius 1 is 1.41 bits per heavy atom. The van der Waals surface area contributed by atoms with Gasteiger partial charge in [0.1, 0.15) is 27.5 Å². The first-order valence-corrected chi connectivity index (χ1v) is 13.1. The molecule has 3 atom stereocenters. The molecular formula is C24H24N6O5S2. The first-order chi connectivity index (χ1) is 17.7. The molecule has 11 nitrogen and oxygen atoms in total. The fourth-order valence-corrected chi connectivity index (χ4v) is 6.06. The number of hydrogen-bond donors (Lipinski definition) is 6. The summed E-state index contributed by atoms with van der Waals surface area (Å²) in [6.07, 6.45) is 0.221. The molecule has 1 aliphatic carbocycles. The quantitative estimate of drug-likeness (QED) is 0.116. The van der Waals surface area contributed by atoms with Gasteiger partial charge >= 0.3 is 0 Å². The number of aliphatic imine (C=N–C) groups is 1. The second-order valence-corrected chi connectivity index (χ2v) is 10.6. The Bertz CT molecular complexity index is 1610. The van der Waals surface area contributed by atoms with Gasteiger partial charge < -0.3 is 26.4 Å². The summed E-state index contributed by atoms with van der Waals surface area (Å²) in [5, 5.41) is 36.2. The molecule has 3 aromatic heterocycles. The van der Waals surface area contributed by atoms with E-state index in [9.17, 15) is 24.9 Å². The maximum atomic E-state index is 13.5. The van der Waals surface area contributed by atoms with Crippen LogP contribution in [0.2, 0.25) is 0 Å². The van der Waals surface area contributed by atoms with E-state index in [1.54, 1.807) is 13.1 Å². The fraction of sp³-hybridized carbons (Fsp3) is 0.292. The van der Waals surface area contributed by atoms with Gasteiger partial charge in [-0.15, -0.1) is 0 Å². The number of carbonyl (C=O) groups is 1. The number of aromatic nitrogens is 3. The molecule has 0 bridgehead atoms. The van der Waals surface area contributed by atoms with Crippen molar-refractivity contribution >= 4 is 55.4 Å². The number of carbonyl (C=O) groups excluding carboxylic acids is 1. The number of Topliss-reactive ketones (excluding diaryl/α,β-unsaturated/α-hetero) is 1. The van der Waals surface area contributed by atoms with Crippen LogP contribution in [0, 0.1) is 6.92 Å². The number of fused-ring (bicyclic) bond motifs is 3. The minimum atomic E-state index is -1.06. The molecule has 0 radical (unpaired) electrons. The van der Waals surface area contributed by atoms with Crippen molar-refractivity contribution in [3.8, 4) is 5.88 Å². The van der Waals surface area contributed by atoms with Crippen LogP contribution in [-0.2, 0) is 6.42 Å². The summed E-state index contributed by atoms with van der Waals surface area (Å²) in [6.45, 7) is 3.70. The van der Waals surface area contributed by atoms with E-state index in [4.69, 9.17) is 5.73 Å². The van der Waals surface area contributed by atoms with E-state index in [-0.39, 0.29) is 32.8 Å². The van der Waals surface area contributed by atoms with Crippen LogP contribution in [0.1, 0.15) is 51.3 Å². The molecule has 0 saturated heterocycles. The number of anilines is 2. The molecule has 0 fully saturated rings. The number of ketones is 1. The Hall–Kier alpha value is -3.65. The Morgan fingerprint density at radius 2 is 2.19 bits per heavy atom. The van der Waals surface area contributed by atoms with Crippen LogP contribution in [0.4, 0.5) is 10.1 Å². The van der Waals surface area contributed by atoms with Gasteiger partial charge in [-0.1, -0.05) is 36.0 Å². The lowest BCUT2D eigenvalue weighted by molar-refractivity contribution is 0.0839. The number of rotatable bonds is 7. The van der Waals surface area contributed by atoms with Crippen molar-refractivity contribution in [2.45, 2.75) is 44.9 Å². The Labute approximate surface area is 218 Å². The second-order valence-electron chi connectivity index (χ2n) is 8.76. The molecule has 4 aromatic rings. The summed E-state index contributed by atoms with van der Waals surface area (Å²) in [5.74, 6) is -2.10. The number of hydrogen-bond acceptors (Lipinski definition) is 11. The number of aliphatic hydroxyl groups excluding tert-OH is 2. The van der Waals surface area contributed by atoms with Gasteiger partial charge in [0.25, 0.3) is 5.56 Å². The van der Waals surface area contributed by atoms with E-state index in [0.717, 1.165) is 44.8 Å². The first kappa shape index (κ1) is 25.0. The Kier molecular flexibility index (Phi) is 6.54. The van der Waals surface area contributed by atoms with E-state index >= 15 is 0 Å². The Balaban J connectivity index is 1.45. The zero-order chi connectivity index (χ0) is 26.4. The lowest BCUT2D eigenvalue weighted by Gasteiger charge is -2.13. The van der Waals surface area contributed by atoms with Crippen LogP contribution in [0.15, 0.2) is 34.2 Å². The molecule has 0 spiro atoms. The van der Waals surface area contributed by atoms with Crippen molar-refractivity contribution < 1.29 is 20.1 Å². The summed E-state index contributed by atoms with van der Waals surface area (Å²) in [5.41, 5.74) is 7.83. The number of aryl methyl sites for hydroxylation is 1. The summed E-state index contributed by atoms with van der Waals surface area (Å²) in [6, 6.07) is 5.94. The lowest BCUT2D eigenvalue weighted by Crippen LogP contribution is -2.24. The highest BCUT2D eigenvalue weighted by Crippen LogP contribution is 2.41. The zero-order valence-electron chi connectivity index (χ0n) is 19.8. The maximum Gasteiger partial charge on any atom is 0.271 e. The molecule has 5 rings (SSSR count). The van der Waals surface area contributed by atoms with Crippen molar-refractivity contribution in [1.29, 1.82) is 0 Å². The molecule has 0 aliphatic heterocycles. The smallest absolute Gasteiger partial charge is 0.271 e. The molecule has 13 heteroatoms. The zero-order valence-corrected chi connectivity index (χ0v) is 21.5. The summed E-state index contributed by atoms with van der Waals surface area (Å²) in [7, 11) is 0. The maximum absolute atomic E-state index is 13.5. The SMILES string of the molecule is CCC(O)/N=C(\N)c1c(Nc2nc(O)c(C(=O)C3c4ncc5cc(C)ccc5c4CC3O)s2)s[nH]c1=O. The van der Waals surface area contributed by atoms with E-state index in [2.05, 4.69) is 24.7 Å². The van der Waals surface area contributed by atoms with E-state index in [1.165, 1.54) is 0 Å². The summed E-state index contributed by atoms with van der Waals surface area (Å²) in [4.78, 5) is 38.2. The molecule has 192 valence electrons. The van der Waals surface area contributed by atoms with Crippen LogP contribution in [0.3, 0.4) is 0 Å². The topological polar surface area (TPSA) is 187 Å². The number of amidine groups is 1. The van der Waals surface area contributed by atoms with Crippen molar-refractivity contribution in [3.05, 3.63) is 62.0 Å². The minimum absolute atomic E-state index is 0.0199. The third-order valence-electron chi connectivity index (χ3n) is 6.22. The van der Waals surface area contributed by atoms with Gasteiger partial charge in [-0.2, -0.15) is 4.98 Å². The van der Waals surface area contributed by atoms with Crippen LogP contribution in [0.25, 0.3) is 10.8 Å². The van der Waals surface area contributed by atoms with Gasteiger partial charge in [0, 0.05) is 18.0 Å². The number of nitrogens with two attached hydrogens (primary N) is 1. The molecule has 1 aliphatic rings. The highest BCUT2D eigenvalue weighted by molar-refractivity contribution is 7.18. The largest absolute Gasteiger partial charge is 0.492 e. The number of aromatic hydroxyl groups is 1. The van der Waals surface area contributed by atoms with E-state index in [1.807, 2.05) is 25.1 Å². The molecule has 3 heterocycles. The second kappa shape index (κ2) is 9.67. The number of nitrogens with one attached hydrogen (secondary N) is 2. The highest BCUT2D eigenvalue weighted by Gasteiger charge is 2.41. The van der Waals surface area contributed by atoms with Gasteiger partial charge in [-0.05, 0) is 41.9 Å². The average Bonchev–Trinajstić information content (AvgIpc) is 3.52. The first-order valence-electron chi connectivity index (χ1n) is 11.5. The van der Waals surface area contributed by atoms with E-state index in [0.29, 0.717) is 12.1 Å². The molecule has 3 unspecified atom stereocenters. The van der Waals surface area contributed by atoms with E-state index < -0.39 is 35.5 Å².